The molecule has 1 aliphatic carbocycles. The van der Waals surface area contributed by atoms with Gasteiger partial charge in [-0.05, 0) is 42.0 Å². The number of anilines is 1. The number of benzene rings is 1. The molecule has 262 valence electrons. The van der Waals surface area contributed by atoms with Crippen LogP contribution in [0.1, 0.15) is 80.8 Å². The summed E-state index contributed by atoms with van der Waals surface area (Å²) < 4.78 is 8.35. The van der Waals surface area contributed by atoms with Gasteiger partial charge in [-0.15, -0.1) is 10.2 Å². The zero-order valence-electron chi connectivity index (χ0n) is 29.2. The van der Waals surface area contributed by atoms with Gasteiger partial charge in [0.2, 0.25) is 0 Å². The molecule has 1 saturated heterocycles. The van der Waals surface area contributed by atoms with E-state index in [-0.39, 0.29) is 23.1 Å². The number of urea groups is 1. The molecule has 3 amide bonds. The minimum absolute atomic E-state index is 0.156. The smallest absolute Gasteiger partial charge is 0.320 e. The topological polar surface area (TPSA) is 163 Å². The molecule has 13 nitrogen and oxygen atoms in total. The number of pyridine rings is 2. The molecule has 3 aromatic heterocycles. The highest BCUT2D eigenvalue weighted by molar-refractivity contribution is 5.96. The van der Waals surface area contributed by atoms with E-state index < -0.39 is 23.1 Å². The van der Waals surface area contributed by atoms with Crippen molar-refractivity contribution in [1.82, 2.24) is 35.1 Å². The Bertz CT molecular complexity index is 1950. The molecule has 0 bridgehead atoms. The maximum absolute atomic E-state index is 13.6. The Balaban J connectivity index is 1.20. The quantitative estimate of drug-likeness (QED) is 0.151. The van der Waals surface area contributed by atoms with Gasteiger partial charge in [0.1, 0.15) is 28.9 Å². The number of fused-ring (bicyclic) bond motifs is 2. The van der Waals surface area contributed by atoms with E-state index in [9.17, 15) is 19.5 Å². The summed E-state index contributed by atoms with van der Waals surface area (Å²) >= 11 is 0. The van der Waals surface area contributed by atoms with E-state index in [1.165, 1.54) is 6.07 Å². The fourth-order valence-corrected chi connectivity index (χ4v) is 6.09. The number of carbonyl (C=O) groups excluding carboxylic acids is 3. The van der Waals surface area contributed by atoms with Crippen LogP contribution in [0, 0.1) is 0 Å². The van der Waals surface area contributed by atoms with Gasteiger partial charge in [0.15, 0.2) is 11.9 Å². The number of aliphatic hydroxyl groups is 1. The average molecular weight is 681 g/mol. The van der Waals surface area contributed by atoms with Gasteiger partial charge >= 0.3 is 6.03 Å². The van der Waals surface area contributed by atoms with E-state index in [0.717, 1.165) is 5.82 Å². The van der Waals surface area contributed by atoms with Crippen molar-refractivity contribution < 1.29 is 24.2 Å². The van der Waals surface area contributed by atoms with Gasteiger partial charge < -0.3 is 25.8 Å². The summed E-state index contributed by atoms with van der Waals surface area (Å²) in [7, 11) is 0. The Kier molecular flexibility index (Phi) is 9.23. The molecule has 4 heterocycles. The summed E-state index contributed by atoms with van der Waals surface area (Å²) in [4.78, 5) is 46.1. The number of aldehydes is 1. The number of hydrogen-bond acceptors (Lipinski definition) is 9. The molecule has 13 heteroatoms. The second-order valence-corrected chi connectivity index (χ2v) is 15.0. The molecule has 0 spiro atoms. The largest absolute Gasteiger partial charge is 0.480 e. The third-order valence-corrected chi connectivity index (χ3v) is 8.80. The summed E-state index contributed by atoms with van der Waals surface area (Å²) in [5.41, 5.74) is 0.971. The summed E-state index contributed by atoms with van der Waals surface area (Å²) in [5.74, 6) is 1.01. The van der Waals surface area contributed by atoms with E-state index >= 15 is 0 Å². The van der Waals surface area contributed by atoms with Crippen LogP contribution in [0.15, 0.2) is 66.9 Å². The molecular formula is C37H44N8O5. The van der Waals surface area contributed by atoms with E-state index in [1.54, 1.807) is 30.4 Å². The molecule has 0 unspecified atom stereocenters. The predicted molar refractivity (Wildman–Crippen MR) is 188 cm³/mol. The Morgan fingerprint density at radius 3 is 2.50 bits per heavy atom. The molecule has 2 atom stereocenters. The summed E-state index contributed by atoms with van der Waals surface area (Å²) in [6, 6.07) is 13.6. The lowest BCUT2D eigenvalue weighted by atomic mass is 9.81. The van der Waals surface area contributed by atoms with Gasteiger partial charge in [-0.3, -0.25) is 18.9 Å². The zero-order chi connectivity index (χ0) is 35.8. The van der Waals surface area contributed by atoms with Crippen LogP contribution in [0.5, 0.6) is 5.75 Å². The second kappa shape index (κ2) is 13.3. The van der Waals surface area contributed by atoms with Crippen LogP contribution in [0.2, 0.25) is 0 Å². The van der Waals surface area contributed by atoms with E-state index in [4.69, 9.17) is 4.74 Å². The van der Waals surface area contributed by atoms with Crippen molar-refractivity contribution in [2.75, 3.05) is 31.5 Å². The number of aromatic nitrogens is 4. The monoisotopic (exact) mass is 680 g/mol. The lowest BCUT2D eigenvalue weighted by Crippen LogP contribution is -2.52. The highest BCUT2D eigenvalue weighted by Crippen LogP contribution is 2.37. The van der Waals surface area contributed by atoms with Crippen molar-refractivity contribution in [3.63, 3.8) is 0 Å². The maximum Gasteiger partial charge on any atom is 0.320 e. The number of nitrogens with one attached hydrogen (secondary N) is 3. The standard InChI is InChI=1S/C37H44N8O5/c1-35(2,3)30-18-23(17-28(40-30)32(48)38-15-16-44-19-24(47)20-44)39-34(49)41-37(22-46)14-13-29(26-9-7-8-10-27(26)37)50-25-11-12-31-42-43-33(36(4,5)6)45(31)21-25/h7-14,17-18,21-22,24,29,47H,15-16,19-20H2,1-6H3,(H,38,48)(H2,39,40,41,49)/t29-,37-/m1/s1. The van der Waals surface area contributed by atoms with E-state index in [2.05, 4.69) is 51.9 Å². The van der Waals surface area contributed by atoms with E-state index in [0.29, 0.717) is 66.4 Å². The minimum Gasteiger partial charge on any atom is -0.480 e. The molecule has 2 aliphatic rings. The molecule has 1 aromatic carbocycles. The number of likely N-dealkylation sites (tertiary alicyclic amines) is 1. The van der Waals surface area contributed by atoms with Crippen LogP contribution in [0.25, 0.3) is 5.65 Å². The highest BCUT2D eigenvalue weighted by atomic mass is 16.5. The molecule has 0 radical (unpaired) electrons. The van der Waals surface area contributed by atoms with Gasteiger partial charge in [-0.2, -0.15) is 0 Å². The van der Waals surface area contributed by atoms with Crippen LogP contribution >= 0.6 is 0 Å². The number of ether oxygens (including phenoxy) is 1. The molecule has 4 N–H and O–H groups in total. The number of aliphatic hydroxyl groups excluding tert-OH is 1. The lowest BCUT2D eigenvalue weighted by Gasteiger charge is -2.35. The van der Waals surface area contributed by atoms with Crippen LogP contribution in [-0.4, -0.2) is 80.1 Å². The van der Waals surface area contributed by atoms with Crippen LogP contribution < -0.4 is 20.7 Å². The minimum atomic E-state index is -1.48. The van der Waals surface area contributed by atoms with Crippen LogP contribution in [-0.2, 0) is 21.2 Å². The van der Waals surface area contributed by atoms with E-state index in [1.807, 2.05) is 60.5 Å². The van der Waals surface area contributed by atoms with Crippen molar-refractivity contribution in [2.45, 2.75) is 70.1 Å². The SMILES string of the molecule is CC(C)(C)c1cc(NC(=O)N[C@@]2(C=O)C=C[C@@H](Oc3ccc4nnc(C(C)(C)C)n4c3)c3ccccc32)cc(C(=O)NCCN2CC(O)C2)n1. The number of carbonyl (C=O) groups is 3. The lowest BCUT2D eigenvalue weighted by molar-refractivity contribution is -0.111. The first-order valence-corrected chi connectivity index (χ1v) is 16.7. The first-order chi connectivity index (χ1) is 23.6. The summed E-state index contributed by atoms with van der Waals surface area (Å²) in [6.07, 6.45) is 5.08. The number of β-amino-alcohol motifs (C(OH)–C–C–N with tert-alkyl or cyclic N) is 1. The molecular weight excluding hydrogens is 636 g/mol. The summed E-state index contributed by atoms with van der Waals surface area (Å²) in [6.45, 7) is 14.3. The molecule has 50 heavy (non-hydrogen) atoms. The third kappa shape index (κ3) is 7.24. The fraction of sp³-hybridized carbons (Fsp3) is 0.405. The zero-order valence-corrected chi connectivity index (χ0v) is 29.2. The van der Waals surface area contributed by atoms with Crippen molar-refractivity contribution in [3.8, 4) is 5.75 Å². The van der Waals surface area contributed by atoms with Crippen molar-refractivity contribution in [2.24, 2.45) is 0 Å². The van der Waals surface area contributed by atoms with Crippen molar-refractivity contribution in [3.05, 3.63) is 95.2 Å². The van der Waals surface area contributed by atoms with Crippen LogP contribution in [0.4, 0.5) is 10.5 Å². The van der Waals surface area contributed by atoms with Crippen molar-refractivity contribution in [1.29, 1.82) is 0 Å². The van der Waals surface area contributed by atoms with Crippen molar-refractivity contribution >= 4 is 29.6 Å². The maximum atomic E-state index is 13.6. The average Bonchev–Trinajstić information content (AvgIpc) is 3.49. The first kappa shape index (κ1) is 34.7. The fourth-order valence-electron chi connectivity index (χ4n) is 6.09. The highest BCUT2D eigenvalue weighted by Gasteiger charge is 2.38. The second-order valence-electron chi connectivity index (χ2n) is 15.0. The number of nitrogens with zero attached hydrogens (tertiary/aromatic N) is 5. The number of amides is 3. The Hall–Kier alpha value is -5.14. The molecule has 0 saturated carbocycles. The molecule has 1 aliphatic heterocycles. The van der Waals surface area contributed by atoms with Gasteiger partial charge in [-0.25, -0.2) is 9.78 Å². The Labute approximate surface area is 291 Å². The molecule has 6 rings (SSSR count). The van der Waals surface area contributed by atoms with Crippen LogP contribution in [0.3, 0.4) is 0 Å². The molecule has 1 fully saturated rings. The first-order valence-electron chi connectivity index (χ1n) is 16.7. The third-order valence-electron chi connectivity index (χ3n) is 8.80. The number of hydrogen-bond donors (Lipinski definition) is 4. The van der Waals surface area contributed by atoms with Gasteiger partial charge in [0.25, 0.3) is 5.91 Å². The summed E-state index contributed by atoms with van der Waals surface area (Å²) in [5, 5.41) is 26.7. The van der Waals surface area contributed by atoms with Gasteiger partial charge in [0.05, 0.1) is 12.3 Å². The number of rotatable bonds is 9. The predicted octanol–water partition coefficient (Wildman–Crippen LogP) is 4.03. The van der Waals surface area contributed by atoms with Gasteiger partial charge in [-0.1, -0.05) is 65.8 Å². The van der Waals surface area contributed by atoms with Gasteiger partial charge in [0, 0.05) is 54.0 Å². The Morgan fingerprint density at radius 1 is 1.04 bits per heavy atom. The molecule has 4 aromatic rings. The Morgan fingerprint density at radius 2 is 1.80 bits per heavy atom. The normalized spacial score (nSPS) is 19.4.